The van der Waals surface area contributed by atoms with E-state index in [-0.39, 0.29) is 51.7 Å². The first-order valence-corrected chi connectivity index (χ1v) is 30.7. The van der Waals surface area contributed by atoms with E-state index in [1.165, 1.54) is 17.8 Å². The summed E-state index contributed by atoms with van der Waals surface area (Å²) in [4.78, 5) is 103. The van der Waals surface area contributed by atoms with Crippen LogP contribution in [0.2, 0.25) is 0 Å². The third-order valence-corrected chi connectivity index (χ3v) is 18.5. The van der Waals surface area contributed by atoms with Crippen molar-refractivity contribution in [2.24, 2.45) is 17.8 Å². The SMILES string of the molecule is CCCCCCCCC1C(=O)c2ccc3c4c(ccc(c24)C1=O)C(=O)C(c1ccc(C#Cc2ccc(C4=C5C(=O)N(CC(CC)CCCC)C(c6ccc(-c7ccc(C(=O)O)s7)cc6)=C5C(=O)N4CC(CC)CCCC)cc2)cc1)C3=O. The average Bonchev–Trinajstić information content (AvgIpc) is 1.40. The van der Waals surface area contributed by atoms with Crippen LogP contribution in [-0.4, -0.2) is 68.9 Å². The largest absolute Gasteiger partial charge is 0.477 e. The van der Waals surface area contributed by atoms with E-state index < -0.39 is 17.8 Å². The van der Waals surface area contributed by atoms with Gasteiger partial charge in [0.2, 0.25) is 0 Å². The van der Waals surface area contributed by atoms with Crippen LogP contribution < -0.4 is 0 Å². The maximum Gasteiger partial charge on any atom is 0.345 e. The summed E-state index contributed by atoms with van der Waals surface area (Å²) in [5.41, 5.74) is 7.78. The first-order chi connectivity index (χ1) is 39.8. The lowest BCUT2D eigenvalue weighted by atomic mass is 9.71. The van der Waals surface area contributed by atoms with Crippen LogP contribution in [0.15, 0.2) is 120 Å². The predicted molar refractivity (Wildman–Crippen MR) is 325 cm³/mol. The Morgan fingerprint density at radius 1 is 0.500 bits per heavy atom. The predicted octanol–water partition coefficient (Wildman–Crippen LogP) is 15.8. The summed E-state index contributed by atoms with van der Waals surface area (Å²) in [7, 11) is 0. The van der Waals surface area contributed by atoms with Gasteiger partial charge < -0.3 is 14.9 Å². The minimum Gasteiger partial charge on any atom is -0.477 e. The lowest BCUT2D eigenvalue weighted by molar-refractivity contribution is -0.124. The van der Waals surface area contributed by atoms with Crippen LogP contribution in [0, 0.1) is 29.6 Å². The number of rotatable bonds is 24. The number of hydrogen-bond donors (Lipinski definition) is 1. The van der Waals surface area contributed by atoms with Crippen molar-refractivity contribution >= 4 is 74.4 Å². The molecule has 2 amide bonds. The summed E-state index contributed by atoms with van der Waals surface area (Å²) in [6.45, 7) is 11.8. The number of hydrogen-bond acceptors (Lipinski definition) is 8. The monoisotopic (exact) mass is 1110 g/mol. The standard InChI is InChI=1S/C71H72N2O8S/c1-6-11-14-15-16-17-20-55-65(74)51-35-37-53-60-54(38-36-52(59(51)60)66(55)75)68(77)58(67(53)76)48-27-23-45(24-28-48)21-22-46-25-29-49(30-26-46)63-61-62(70(79)72(63)41-43(9-4)18-12-7-2)64(73(69(61)78)42-44(10-5)19-13-8-3)50-33-31-47(32-34-50)56-39-40-57(82-56)71(80)81/h23-40,43-44,55,58H,6-20,41-42H2,1-5H3,(H,80,81). The van der Waals surface area contributed by atoms with Crippen molar-refractivity contribution in [2.45, 2.75) is 137 Å². The highest BCUT2D eigenvalue weighted by molar-refractivity contribution is 7.17. The zero-order chi connectivity index (χ0) is 57.8. The number of unbranched alkanes of at least 4 members (excludes halogenated alkanes) is 7. The third kappa shape index (κ3) is 11.0. The fourth-order valence-corrected chi connectivity index (χ4v) is 13.5. The Morgan fingerprint density at radius 3 is 1.38 bits per heavy atom. The minimum absolute atomic E-state index is 0.186. The number of carbonyl (C=O) groups excluding carboxylic acids is 6. The van der Waals surface area contributed by atoms with E-state index in [1.807, 2.05) is 58.3 Å². The lowest BCUT2D eigenvalue weighted by Gasteiger charge is -2.29. The number of carbonyl (C=O) groups is 7. The summed E-state index contributed by atoms with van der Waals surface area (Å²) < 4.78 is 0. The van der Waals surface area contributed by atoms with Gasteiger partial charge in [0.1, 0.15) is 10.8 Å². The molecule has 1 N–H and O–H groups in total. The summed E-state index contributed by atoms with van der Waals surface area (Å²) in [5, 5.41) is 10.4. The van der Waals surface area contributed by atoms with E-state index in [9.17, 15) is 29.1 Å². The molecule has 0 saturated carbocycles. The Bertz CT molecular complexity index is 3570. The molecule has 2 atom stereocenters. The number of carboxylic acid groups (broad SMARTS) is 1. The molecule has 11 heteroatoms. The number of ketones is 4. The Kier molecular flexibility index (Phi) is 17.6. The highest BCUT2D eigenvalue weighted by Crippen LogP contribution is 2.49. The molecule has 6 aromatic rings. The fraction of sp³-hybridized carbons (Fsp3) is 0.366. The van der Waals surface area contributed by atoms with Gasteiger partial charge in [-0.2, -0.15) is 0 Å². The molecule has 0 bridgehead atoms. The van der Waals surface area contributed by atoms with Crippen molar-refractivity contribution in [1.29, 1.82) is 0 Å². The first-order valence-electron chi connectivity index (χ1n) is 29.9. The van der Waals surface area contributed by atoms with E-state index in [0.717, 1.165) is 105 Å². The van der Waals surface area contributed by atoms with Crippen LogP contribution in [0.5, 0.6) is 0 Å². The van der Waals surface area contributed by atoms with Gasteiger partial charge in [-0.25, -0.2) is 4.79 Å². The maximum absolute atomic E-state index is 15.3. The Balaban J connectivity index is 0.928. The third-order valence-electron chi connectivity index (χ3n) is 17.4. The molecule has 420 valence electrons. The maximum atomic E-state index is 15.3. The molecule has 4 aliphatic rings. The Labute approximate surface area is 485 Å². The van der Waals surface area contributed by atoms with Gasteiger partial charge in [-0.3, -0.25) is 28.8 Å². The second-order valence-electron chi connectivity index (χ2n) is 22.7. The van der Waals surface area contributed by atoms with E-state index >= 15 is 9.59 Å². The van der Waals surface area contributed by atoms with Crippen molar-refractivity contribution < 1.29 is 38.7 Å². The highest BCUT2D eigenvalue weighted by Gasteiger charge is 2.50. The van der Waals surface area contributed by atoms with E-state index in [4.69, 9.17) is 0 Å². The second-order valence-corrected chi connectivity index (χ2v) is 23.8. The molecule has 2 aliphatic heterocycles. The lowest BCUT2D eigenvalue weighted by Crippen LogP contribution is -2.34. The molecule has 0 radical (unpaired) electrons. The molecule has 2 unspecified atom stereocenters. The summed E-state index contributed by atoms with van der Waals surface area (Å²) >= 11 is 1.20. The first kappa shape index (κ1) is 57.4. The van der Waals surface area contributed by atoms with Gasteiger partial charge in [0.15, 0.2) is 23.1 Å². The van der Waals surface area contributed by atoms with Gasteiger partial charge in [0.25, 0.3) is 11.8 Å². The molecule has 10 rings (SSSR count). The van der Waals surface area contributed by atoms with Crippen molar-refractivity contribution in [2.75, 3.05) is 13.1 Å². The summed E-state index contributed by atoms with van der Waals surface area (Å²) in [6, 6.07) is 32.6. The molecule has 3 heterocycles. The van der Waals surface area contributed by atoms with E-state index in [1.54, 1.807) is 60.7 Å². The van der Waals surface area contributed by atoms with Crippen LogP contribution in [0.3, 0.4) is 0 Å². The zero-order valence-electron chi connectivity index (χ0n) is 47.8. The van der Waals surface area contributed by atoms with Crippen LogP contribution in [-0.2, 0) is 9.59 Å². The van der Waals surface area contributed by atoms with Crippen LogP contribution in [0.4, 0.5) is 0 Å². The quantitative estimate of drug-likeness (QED) is 0.0358. The Morgan fingerprint density at radius 2 is 0.927 bits per heavy atom. The number of carboxylic acids is 1. The number of amides is 2. The minimum atomic E-state index is -1.10. The van der Waals surface area contributed by atoms with Gasteiger partial charge >= 0.3 is 5.97 Å². The molecule has 0 spiro atoms. The topological polar surface area (TPSA) is 146 Å². The average molecular weight is 1110 g/mol. The van der Waals surface area contributed by atoms with Crippen molar-refractivity contribution in [3.63, 3.8) is 0 Å². The highest BCUT2D eigenvalue weighted by atomic mass is 32.1. The normalized spacial score (nSPS) is 16.0. The van der Waals surface area contributed by atoms with Crippen molar-refractivity contribution in [3.05, 3.63) is 175 Å². The molecule has 5 aromatic carbocycles. The molecule has 10 nitrogen and oxygen atoms in total. The molecular weight excluding hydrogens is 1040 g/mol. The molecule has 0 fully saturated rings. The van der Waals surface area contributed by atoms with Crippen LogP contribution in [0.1, 0.15) is 216 Å². The van der Waals surface area contributed by atoms with Crippen LogP contribution >= 0.6 is 11.3 Å². The van der Waals surface area contributed by atoms with E-state index in [2.05, 4.69) is 46.5 Å². The number of thiophene rings is 1. The van der Waals surface area contributed by atoms with Gasteiger partial charge in [-0.15, -0.1) is 11.3 Å². The molecule has 0 saturated heterocycles. The molecule has 2 aliphatic carbocycles. The van der Waals surface area contributed by atoms with Crippen LogP contribution in [0.25, 0.3) is 32.6 Å². The smallest absolute Gasteiger partial charge is 0.345 e. The van der Waals surface area contributed by atoms with Gasteiger partial charge in [0, 0.05) is 62.1 Å². The zero-order valence-corrected chi connectivity index (χ0v) is 48.6. The van der Waals surface area contributed by atoms with Crippen molar-refractivity contribution in [3.8, 4) is 22.3 Å². The number of benzene rings is 5. The van der Waals surface area contributed by atoms with E-state index in [0.29, 0.717) is 91.8 Å². The van der Waals surface area contributed by atoms with Gasteiger partial charge in [-0.05, 0) is 114 Å². The number of Topliss-reactive ketones (excluding diaryl/α,β-unsaturated/α-hetero) is 4. The number of aromatic carboxylic acids is 1. The van der Waals surface area contributed by atoms with Gasteiger partial charge in [0.05, 0.1) is 28.5 Å². The summed E-state index contributed by atoms with van der Waals surface area (Å²) in [5.74, 6) is 2.55. The molecular formula is C71H72N2O8S. The molecule has 82 heavy (non-hydrogen) atoms. The van der Waals surface area contributed by atoms with Gasteiger partial charge in [-0.1, -0.05) is 172 Å². The fourth-order valence-electron chi connectivity index (χ4n) is 12.6. The Hall–Kier alpha value is -7.81. The molecule has 1 aromatic heterocycles. The second kappa shape index (κ2) is 25.1. The number of nitrogens with zero attached hydrogens (tertiary/aromatic N) is 2. The summed E-state index contributed by atoms with van der Waals surface area (Å²) in [6.07, 6.45) is 14.6. The number of fused-ring (bicyclic) bond motifs is 1. The van der Waals surface area contributed by atoms with Crippen molar-refractivity contribution in [1.82, 2.24) is 9.80 Å².